The van der Waals surface area contributed by atoms with Crippen molar-refractivity contribution in [3.8, 4) is 28.3 Å². The molecule has 0 fully saturated rings. The first kappa shape index (κ1) is 19.4. The minimum Gasteiger partial charge on any atom is -0.192 e. The van der Waals surface area contributed by atoms with Crippen LogP contribution >= 0.6 is 0 Å². The quantitative estimate of drug-likeness (QED) is 0.261. The summed E-state index contributed by atoms with van der Waals surface area (Å²) in [5.41, 5.74) is 9.81. The van der Waals surface area contributed by atoms with Gasteiger partial charge in [0.05, 0.1) is 11.6 Å². The van der Waals surface area contributed by atoms with E-state index in [9.17, 15) is 5.26 Å². The van der Waals surface area contributed by atoms with Gasteiger partial charge in [0.1, 0.15) is 0 Å². The van der Waals surface area contributed by atoms with E-state index in [0.717, 1.165) is 16.7 Å². The molecular weight excluding hydrogens is 362 g/mol. The van der Waals surface area contributed by atoms with E-state index in [1.807, 2.05) is 18.2 Å². The summed E-state index contributed by atoms with van der Waals surface area (Å²) in [4.78, 5) is 0. The van der Waals surface area contributed by atoms with Crippen LogP contribution in [0.4, 0.5) is 0 Å². The van der Waals surface area contributed by atoms with E-state index in [2.05, 4.69) is 105 Å². The first-order chi connectivity index (χ1) is 14.6. The minimum atomic E-state index is 0.661. The van der Waals surface area contributed by atoms with E-state index >= 15 is 0 Å². The van der Waals surface area contributed by atoms with Crippen molar-refractivity contribution < 1.29 is 0 Å². The normalized spacial score (nSPS) is 11.2. The first-order valence-corrected chi connectivity index (χ1v) is 10.1. The van der Waals surface area contributed by atoms with Crippen LogP contribution in [0.2, 0.25) is 0 Å². The van der Waals surface area contributed by atoms with Crippen molar-refractivity contribution in [2.45, 2.75) is 13.8 Å². The Morgan fingerprint density at radius 2 is 0.933 bits per heavy atom. The van der Waals surface area contributed by atoms with Gasteiger partial charge in [0.25, 0.3) is 0 Å². The van der Waals surface area contributed by atoms with Crippen LogP contribution in [0.25, 0.3) is 33.9 Å². The van der Waals surface area contributed by atoms with E-state index in [1.165, 1.54) is 27.8 Å². The van der Waals surface area contributed by atoms with E-state index in [-0.39, 0.29) is 0 Å². The van der Waals surface area contributed by atoms with Gasteiger partial charge in [-0.15, -0.1) is 0 Å². The lowest BCUT2D eigenvalue weighted by atomic mass is 9.98. The maximum atomic E-state index is 9.70. The Kier molecular flexibility index (Phi) is 5.59. The second-order valence-corrected chi connectivity index (χ2v) is 7.60. The third kappa shape index (κ3) is 4.40. The summed E-state index contributed by atoms with van der Waals surface area (Å²) < 4.78 is 0. The zero-order valence-electron chi connectivity index (χ0n) is 17.3. The minimum absolute atomic E-state index is 0.661. The van der Waals surface area contributed by atoms with Crippen LogP contribution in [0.5, 0.6) is 0 Å². The molecule has 0 amide bonds. The molecular formula is C29H23N. The van der Waals surface area contributed by atoms with E-state index < -0.39 is 0 Å². The molecule has 0 radical (unpaired) electrons. The maximum Gasteiger partial charge on any atom is 0.0998 e. The van der Waals surface area contributed by atoms with Crippen LogP contribution in [0, 0.1) is 25.2 Å². The van der Waals surface area contributed by atoms with Crippen molar-refractivity contribution in [1.82, 2.24) is 0 Å². The highest BCUT2D eigenvalue weighted by Gasteiger charge is 2.04. The van der Waals surface area contributed by atoms with Crippen molar-refractivity contribution in [2.24, 2.45) is 0 Å². The van der Waals surface area contributed by atoms with E-state index in [4.69, 9.17) is 0 Å². The Morgan fingerprint density at radius 1 is 0.567 bits per heavy atom. The van der Waals surface area contributed by atoms with Crippen LogP contribution in [0.15, 0.2) is 97.1 Å². The molecule has 0 unspecified atom stereocenters. The molecule has 0 saturated carbocycles. The molecule has 30 heavy (non-hydrogen) atoms. The fraction of sp³-hybridized carbons (Fsp3) is 0.0690. The zero-order valence-corrected chi connectivity index (χ0v) is 17.3. The topological polar surface area (TPSA) is 23.8 Å². The number of hydrogen-bond acceptors (Lipinski definition) is 1. The molecule has 0 spiro atoms. The standard InChI is InChI=1S/C29H23N/c1-21-3-9-24(10-4-21)26-13-7-23(8-14-26)19-29(20-30)28-17-15-27(16-18-28)25-11-5-22(2)6-12-25/h3-19H,1-2H3. The summed E-state index contributed by atoms with van der Waals surface area (Å²) >= 11 is 0. The number of nitrogens with zero attached hydrogens (tertiary/aromatic N) is 1. The Labute approximate surface area is 178 Å². The lowest BCUT2D eigenvalue weighted by Crippen LogP contribution is -1.85. The highest BCUT2D eigenvalue weighted by molar-refractivity contribution is 5.90. The number of hydrogen-bond donors (Lipinski definition) is 0. The molecule has 144 valence electrons. The molecule has 0 atom stereocenters. The summed E-state index contributed by atoms with van der Waals surface area (Å²) in [7, 11) is 0. The van der Waals surface area contributed by atoms with Crippen molar-refractivity contribution in [2.75, 3.05) is 0 Å². The second-order valence-electron chi connectivity index (χ2n) is 7.60. The molecule has 0 aliphatic heterocycles. The summed E-state index contributed by atoms with van der Waals surface area (Å²) in [5, 5.41) is 9.70. The van der Waals surface area contributed by atoms with Crippen LogP contribution < -0.4 is 0 Å². The van der Waals surface area contributed by atoms with E-state index in [0.29, 0.717) is 5.57 Å². The highest BCUT2D eigenvalue weighted by Crippen LogP contribution is 2.25. The molecule has 0 aliphatic carbocycles. The smallest absolute Gasteiger partial charge is 0.0998 e. The molecule has 4 rings (SSSR count). The Morgan fingerprint density at radius 3 is 1.33 bits per heavy atom. The van der Waals surface area contributed by atoms with Gasteiger partial charge in [0.15, 0.2) is 0 Å². The van der Waals surface area contributed by atoms with Gasteiger partial charge in [-0.1, -0.05) is 108 Å². The van der Waals surface area contributed by atoms with Gasteiger partial charge in [0.2, 0.25) is 0 Å². The number of nitriles is 1. The molecule has 1 heteroatoms. The van der Waals surface area contributed by atoms with Gasteiger partial charge >= 0.3 is 0 Å². The van der Waals surface area contributed by atoms with Crippen LogP contribution in [0.3, 0.4) is 0 Å². The molecule has 0 aromatic heterocycles. The molecule has 0 saturated heterocycles. The van der Waals surface area contributed by atoms with Gasteiger partial charge in [-0.3, -0.25) is 0 Å². The molecule has 0 N–H and O–H groups in total. The summed E-state index contributed by atoms with van der Waals surface area (Å²) in [5.74, 6) is 0. The van der Waals surface area contributed by atoms with Crippen molar-refractivity contribution in [1.29, 1.82) is 5.26 Å². The molecule has 0 bridgehead atoms. The Bertz CT molecular complexity index is 1200. The summed E-state index contributed by atoms with van der Waals surface area (Å²) in [6.45, 7) is 4.18. The van der Waals surface area contributed by atoms with Crippen LogP contribution in [-0.4, -0.2) is 0 Å². The molecule has 0 aliphatic rings. The molecule has 4 aromatic rings. The van der Waals surface area contributed by atoms with Crippen LogP contribution in [-0.2, 0) is 0 Å². The lowest BCUT2D eigenvalue weighted by Gasteiger charge is -2.06. The average Bonchev–Trinajstić information content (AvgIpc) is 2.79. The van der Waals surface area contributed by atoms with Crippen molar-refractivity contribution in [3.05, 3.63) is 119 Å². The second kappa shape index (κ2) is 8.64. The van der Waals surface area contributed by atoms with Crippen molar-refractivity contribution >= 4 is 11.6 Å². The SMILES string of the molecule is Cc1ccc(-c2ccc(C=C(C#N)c3ccc(-c4ccc(C)cc4)cc3)cc2)cc1. The fourth-order valence-corrected chi connectivity index (χ4v) is 3.45. The summed E-state index contributed by atoms with van der Waals surface area (Å²) in [6.07, 6.45) is 1.94. The van der Waals surface area contributed by atoms with Gasteiger partial charge < -0.3 is 0 Å². The number of allylic oxidation sites excluding steroid dienone is 1. The molecule has 4 aromatic carbocycles. The number of rotatable bonds is 4. The summed E-state index contributed by atoms with van der Waals surface area (Å²) in [6, 6.07) is 35.9. The fourth-order valence-electron chi connectivity index (χ4n) is 3.45. The highest BCUT2D eigenvalue weighted by atomic mass is 14.2. The average molecular weight is 386 g/mol. The van der Waals surface area contributed by atoms with Gasteiger partial charge in [-0.25, -0.2) is 0 Å². The van der Waals surface area contributed by atoms with Crippen LogP contribution in [0.1, 0.15) is 22.3 Å². The third-order valence-electron chi connectivity index (χ3n) is 5.31. The van der Waals surface area contributed by atoms with Gasteiger partial charge in [-0.2, -0.15) is 5.26 Å². The molecule has 1 nitrogen and oxygen atoms in total. The third-order valence-corrected chi connectivity index (χ3v) is 5.31. The van der Waals surface area contributed by atoms with Crippen molar-refractivity contribution in [3.63, 3.8) is 0 Å². The monoisotopic (exact) mass is 385 g/mol. The van der Waals surface area contributed by atoms with Gasteiger partial charge in [-0.05, 0) is 53.3 Å². The number of aryl methyl sites for hydroxylation is 2. The Hall–Kier alpha value is -3.89. The predicted octanol–water partition coefficient (Wildman–Crippen LogP) is 7.70. The molecule has 0 heterocycles. The van der Waals surface area contributed by atoms with Gasteiger partial charge in [0, 0.05) is 0 Å². The Balaban J connectivity index is 1.56. The maximum absolute atomic E-state index is 9.70. The number of benzene rings is 4. The predicted molar refractivity (Wildman–Crippen MR) is 127 cm³/mol. The zero-order chi connectivity index (χ0) is 20.9. The first-order valence-electron chi connectivity index (χ1n) is 10.1. The van der Waals surface area contributed by atoms with E-state index in [1.54, 1.807) is 0 Å². The lowest BCUT2D eigenvalue weighted by molar-refractivity contribution is 1.46. The largest absolute Gasteiger partial charge is 0.192 e.